The Hall–Kier alpha value is 1.72. The minimum absolute atomic E-state index is 0. The molecule has 0 heterocycles. The van der Waals surface area contributed by atoms with Crippen molar-refractivity contribution >= 4 is 7.91 Å². The van der Waals surface area contributed by atoms with Gasteiger partial charge < -0.3 is 9.42 Å². The summed E-state index contributed by atoms with van der Waals surface area (Å²) in [6, 6.07) is 0. The molecular weight excluding hydrogens is 161 g/mol. The molecule has 0 aliphatic rings. The molecule has 0 aromatic heterocycles. The van der Waals surface area contributed by atoms with Crippen molar-refractivity contribution in [2.24, 2.45) is 0 Å². The van der Waals surface area contributed by atoms with Gasteiger partial charge in [0.1, 0.15) is 0 Å². The summed E-state index contributed by atoms with van der Waals surface area (Å²) < 4.78 is 24.1. The second-order valence-corrected chi connectivity index (χ2v) is 1.97. The van der Waals surface area contributed by atoms with Crippen molar-refractivity contribution in [1.29, 1.82) is 0 Å². The first-order valence-corrected chi connectivity index (χ1v) is 3.15. The Kier molecular flexibility index (Phi) is 8.52. The summed E-state index contributed by atoms with van der Waals surface area (Å²) in [5.41, 5.74) is 0. The molecule has 0 aliphatic carbocycles. The van der Waals surface area contributed by atoms with Gasteiger partial charge in [-0.3, -0.25) is 4.57 Å². The van der Waals surface area contributed by atoms with Crippen LogP contribution in [0.15, 0.2) is 0 Å². The quantitative estimate of drug-likeness (QED) is 0.335. The zero-order valence-electron chi connectivity index (χ0n) is 4.76. The van der Waals surface area contributed by atoms with Crippen LogP contribution in [-0.4, -0.2) is 6.61 Å². The molecule has 0 aromatic rings. The molecule has 0 aromatic carbocycles. The zero-order valence-corrected chi connectivity index (χ0v) is 8.77. The van der Waals surface area contributed by atoms with Crippen molar-refractivity contribution in [2.75, 3.05) is 6.61 Å². The van der Waals surface area contributed by atoms with Crippen molar-refractivity contribution in [3.05, 3.63) is 0 Å². The Bertz CT molecular complexity index is 91.3. The van der Waals surface area contributed by atoms with Crippen molar-refractivity contribution in [1.82, 2.24) is 0 Å². The van der Waals surface area contributed by atoms with Gasteiger partial charge in [-0.2, -0.15) is 4.20 Å². The summed E-state index contributed by atoms with van der Waals surface area (Å²) in [6.45, 7) is 1.25. The first-order valence-electron chi connectivity index (χ1n) is 1.71. The molecule has 1 unspecified atom stereocenters. The Morgan fingerprint density at radius 3 is 2.25 bits per heavy atom. The minimum Gasteiger partial charge on any atom is -0.753 e. The second kappa shape index (κ2) is 5.50. The van der Waals surface area contributed by atoms with Crippen LogP contribution in [0.3, 0.4) is 0 Å². The van der Waals surface area contributed by atoms with E-state index in [0.29, 0.717) is 0 Å². The van der Waals surface area contributed by atoms with Gasteiger partial charge in [-0.1, -0.05) is 0 Å². The molecule has 0 saturated carbocycles. The first-order chi connectivity index (χ1) is 3.06. The average molecular weight is 166 g/mol. The molecule has 0 spiro atoms. The van der Waals surface area contributed by atoms with Crippen molar-refractivity contribution < 1.29 is 69.6 Å². The van der Waals surface area contributed by atoms with E-state index < -0.39 is 7.91 Å². The fraction of sp³-hybridized carbons (Fsp3) is 1.00. The van der Waals surface area contributed by atoms with Crippen LogP contribution < -0.4 is 56.3 Å². The maximum absolute atomic E-state index is 11.2. The predicted molar refractivity (Wildman–Crippen MR) is 20.3 cm³/mol. The van der Waals surface area contributed by atoms with E-state index in [2.05, 4.69) is 4.52 Å². The Morgan fingerprint density at radius 2 is 2.25 bits per heavy atom. The first kappa shape index (κ1) is 12.4. The maximum atomic E-state index is 11.2. The standard InChI is InChI=1S/C2H6FO3P.K/c1-2-6-7(3,4)5;/h2H2,1H3,(H,4,5);/q;+1/p-1. The van der Waals surface area contributed by atoms with Crippen molar-refractivity contribution in [2.45, 2.75) is 6.92 Å². The van der Waals surface area contributed by atoms with E-state index in [0.717, 1.165) is 0 Å². The van der Waals surface area contributed by atoms with Crippen LogP contribution in [-0.2, 0) is 9.09 Å². The Morgan fingerprint density at radius 1 is 1.88 bits per heavy atom. The van der Waals surface area contributed by atoms with E-state index in [4.69, 9.17) is 0 Å². The molecule has 0 aliphatic heterocycles. The third-order valence-electron chi connectivity index (χ3n) is 0.283. The van der Waals surface area contributed by atoms with E-state index in [1.165, 1.54) is 6.92 Å². The normalized spacial score (nSPS) is 16.4. The molecular formula is C2H5FKO3P. The molecule has 8 heavy (non-hydrogen) atoms. The van der Waals surface area contributed by atoms with E-state index in [9.17, 15) is 13.7 Å². The predicted octanol–water partition coefficient (Wildman–Crippen LogP) is -2.54. The van der Waals surface area contributed by atoms with E-state index in [-0.39, 0.29) is 58.0 Å². The van der Waals surface area contributed by atoms with Crippen LogP contribution >= 0.6 is 7.91 Å². The SMILES string of the molecule is CCOP(=O)([O-])F.[K+]. The molecule has 6 heteroatoms. The van der Waals surface area contributed by atoms with Gasteiger partial charge in [-0.05, 0) is 6.92 Å². The van der Waals surface area contributed by atoms with E-state index in [1.54, 1.807) is 0 Å². The van der Waals surface area contributed by atoms with Crippen LogP contribution in [0, 0.1) is 0 Å². The molecule has 0 rings (SSSR count). The Labute approximate surface area is 89.7 Å². The van der Waals surface area contributed by atoms with Gasteiger partial charge in [-0.25, -0.2) is 0 Å². The molecule has 0 bridgehead atoms. The smallest absolute Gasteiger partial charge is 0.753 e. The fourth-order valence-corrected chi connectivity index (χ4v) is 0.463. The van der Waals surface area contributed by atoms with Gasteiger partial charge in [-0.15, -0.1) is 0 Å². The van der Waals surface area contributed by atoms with Crippen molar-refractivity contribution in [3.63, 3.8) is 0 Å². The number of rotatable bonds is 2. The molecule has 0 N–H and O–H groups in total. The van der Waals surface area contributed by atoms with Crippen LogP contribution in [0.25, 0.3) is 0 Å². The zero-order chi connectivity index (χ0) is 5.91. The topological polar surface area (TPSA) is 49.4 Å². The van der Waals surface area contributed by atoms with Gasteiger partial charge in [0.2, 0.25) is 0 Å². The van der Waals surface area contributed by atoms with Gasteiger partial charge in [0.15, 0.2) is 0 Å². The maximum Gasteiger partial charge on any atom is 1.00 e. The fourth-order valence-electron chi connectivity index (χ4n) is 0.154. The summed E-state index contributed by atoms with van der Waals surface area (Å²) in [7, 11) is -4.92. The summed E-state index contributed by atoms with van der Waals surface area (Å²) in [6.07, 6.45) is 0. The monoisotopic (exact) mass is 166 g/mol. The number of hydrogen-bond acceptors (Lipinski definition) is 3. The van der Waals surface area contributed by atoms with Crippen molar-refractivity contribution in [3.8, 4) is 0 Å². The van der Waals surface area contributed by atoms with Gasteiger partial charge in [0, 0.05) is 0 Å². The molecule has 0 amide bonds. The van der Waals surface area contributed by atoms with Crippen LogP contribution in [0.2, 0.25) is 0 Å². The summed E-state index contributed by atoms with van der Waals surface area (Å²) in [5.74, 6) is 0. The molecule has 0 fully saturated rings. The Balaban J connectivity index is 0. The van der Waals surface area contributed by atoms with Gasteiger partial charge in [0.25, 0.3) is 0 Å². The third kappa shape index (κ3) is 10.7. The van der Waals surface area contributed by atoms with Gasteiger partial charge in [0.05, 0.1) is 6.61 Å². The van der Waals surface area contributed by atoms with Gasteiger partial charge >= 0.3 is 59.3 Å². The average Bonchev–Trinajstić information content (AvgIpc) is 1.30. The molecule has 44 valence electrons. The largest absolute Gasteiger partial charge is 1.00 e. The number of halogens is 1. The molecule has 3 nitrogen and oxygen atoms in total. The third-order valence-corrected chi connectivity index (χ3v) is 0.850. The summed E-state index contributed by atoms with van der Waals surface area (Å²) in [4.78, 5) is 9.37. The molecule has 0 radical (unpaired) electrons. The van der Waals surface area contributed by atoms with Crippen LogP contribution in [0.1, 0.15) is 6.92 Å². The second-order valence-electron chi connectivity index (χ2n) is 0.848. The van der Waals surface area contributed by atoms with Crippen LogP contribution in [0.5, 0.6) is 0 Å². The van der Waals surface area contributed by atoms with Crippen LogP contribution in [0.4, 0.5) is 4.20 Å². The molecule has 1 atom stereocenters. The van der Waals surface area contributed by atoms with E-state index in [1.807, 2.05) is 0 Å². The molecule has 0 saturated heterocycles. The summed E-state index contributed by atoms with van der Waals surface area (Å²) >= 11 is 0. The summed E-state index contributed by atoms with van der Waals surface area (Å²) in [5, 5.41) is 0. The minimum atomic E-state index is -4.92. The van der Waals surface area contributed by atoms with E-state index >= 15 is 0 Å². The number of hydrogen-bond donors (Lipinski definition) is 0.